The maximum atomic E-state index is 15.3. The number of phenols is 1. The molecule has 0 aromatic heterocycles. The number of fused-ring (bicyclic) bond motifs is 1. The van der Waals surface area contributed by atoms with Crippen LogP contribution in [0.4, 0.5) is 15.8 Å². The zero-order valence-corrected chi connectivity index (χ0v) is 26.5. The van der Waals surface area contributed by atoms with Gasteiger partial charge in [-0.15, -0.1) is 0 Å². The number of nitrogens with zero attached hydrogens (tertiary/aromatic N) is 1. The Hall–Kier alpha value is -4.63. The Morgan fingerprint density at radius 3 is 2.46 bits per heavy atom. The molecule has 9 heteroatoms. The normalized spacial score (nSPS) is 19.8. The van der Waals surface area contributed by atoms with Crippen LogP contribution >= 0.6 is 0 Å². The number of rotatable bonds is 6. The number of amides is 1. The summed E-state index contributed by atoms with van der Waals surface area (Å²) in [4.78, 5) is 16.0. The molecular formula is C37H35FN2O5S. The number of carbonyl (C=O) groups excluding carboxylic acids is 1. The summed E-state index contributed by atoms with van der Waals surface area (Å²) < 4.78 is 50.3. The van der Waals surface area contributed by atoms with Crippen LogP contribution in [-0.2, 0) is 16.4 Å². The van der Waals surface area contributed by atoms with E-state index in [2.05, 4.69) is 5.32 Å². The fourth-order valence-electron chi connectivity index (χ4n) is 6.75. The number of ether oxygens (including phenoxy) is 1. The van der Waals surface area contributed by atoms with Crippen molar-refractivity contribution in [3.63, 3.8) is 0 Å². The van der Waals surface area contributed by atoms with Gasteiger partial charge in [0.1, 0.15) is 35.7 Å². The van der Waals surface area contributed by atoms with Crippen molar-refractivity contribution in [2.75, 3.05) is 16.0 Å². The fourth-order valence-corrected chi connectivity index (χ4v) is 9.11. The van der Waals surface area contributed by atoms with E-state index >= 15 is 4.39 Å². The molecule has 0 saturated heterocycles. The first-order chi connectivity index (χ1) is 22.0. The average molecular weight is 639 g/mol. The number of aromatic hydroxyl groups is 1. The third-order valence-electron chi connectivity index (χ3n) is 8.87. The number of para-hydroxylation sites is 1. The predicted octanol–water partition coefficient (Wildman–Crippen LogP) is 7.86. The Balaban J connectivity index is 1.46. The number of hydrogen-bond donors (Lipinski definition) is 2. The fraction of sp³-hybridized carbons (Fsp3) is 0.270. The van der Waals surface area contributed by atoms with Crippen LogP contribution in [-0.4, -0.2) is 25.2 Å². The minimum Gasteiger partial charge on any atom is -0.506 e. The summed E-state index contributed by atoms with van der Waals surface area (Å²) in [6.07, 6.45) is 2.18. The highest BCUT2D eigenvalue weighted by atomic mass is 32.2. The highest BCUT2D eigenvalue weighted by Gasteiger charge is 2.48. The van der Waals surface area contributed by atoms with Gasteiger partial charge in [-0.3, -0.25) is 9.69 Å². The van der Waals surface area contributed by atoms with Crippen molar-refractivity contribution < 1.29 is 27.4 Å². The standard InChI is InChI=1S/C37H35FN2O5S/c1-37(2)20-30-35(46(43,44)22-37)34(26-18-17-25(19-28(26)24-15-16-24)45-21-23-9-4-3-5-10-23)40(31-13-8-14-32(41)33(31)39-30)36(42)27-11-6-7-12-29(27)38/h3-14,17-19,24,34,39,41H,15-16,20-22H2,1-2H3. The molecule has 2 heterocycles. The molecule has 0 bridgehead atoms. The van der Waals surface area contributed by atoms with Gasteiger partial charge >= 0.3 is 0 Å². The number of phenolic OH excluding ortho intramolecular Hbond substituents is 1. The van der Waals surface area contributed by atoms with Gasteiger partial charge in [0.25, 0.3) is 5.91 Å². The van der Waals surface area contributed by atoms with E-state index in [4.69, 9.17) is 4.74 Å². The van der Waals surface area contributed by atoms with Gasteiger partial charge in [0.15, 0.2) is 9.84 Å². The molecule has 46 heavy (non-hydrogen) atoms. The van der Waals surface area contributed by atoms with E-state index in [-0.39, 0.29) is 39.3 Å². The van der Waals surface area contributed by atoms with Crippen LogP contribution in [0, 0.1) is 11.2 Å². The second-order valence-electron chi connectivity index (χ2n) is 13.1. The molecule has 0 spiro atoms. The predicted molar refractivity (Wildman–Crippen MR) is 176 cm³/mol. The molecule has 1 saturated carbocycles. The summed E-state index contributed by atoms with van der Waals surface area (Å²) in [6, 6.07) is 24.7. The Morgan fingerprint density at radius 2 is 1.72 bits per heavy atom. The molecule has 1 amide bonds. The van der Waals surface area contributed by atoms with Crippen LogP contribution in [0.2, 0.25) is 0 Å². The summed E-state index contributed by atoms with van der Waals surface area (Å²) in [5, 5.41) is 14.3. The zero-order chi connectivity index (χ0) is 32.2. The number of nitrogens with one attached hydrogen (secondary N) is 1. The van der Waals surface area contributed by atoms with E-state index in [1.54, 1.807) is 24.3 Å². The second-order valence-corrected chi connectivity index (χ2v) is 15.1. The lowest BCUT2D eigenvalue weighted by atomic mass is 9.87. The van der Waals surface area contributed by atoms with Crippen molar-refractivity contribution in [1.82, 2.24) is 0 Å². The van der Waals surface area contributed by atoms with Crippen LogP contribution in [0.1, 0.15) is 72.1 Å². The summed E-state index contributed by atoms with van der Waals surface area (Å²) in [5.74, 6) is -0.932. The topological polar surface area (TPSA) is 95.9 Å². The van der Waals surface area contributed by atoms with Gasteiger partial charge in [-0.05, 0) is 83.7 Å². The van der Waals surface area contributed by atoms with Gasteiger partial charge in [0, 0.05) is 5.70 Å². The maximum absolute atomic E-state index is 15.3. The Labute approximate surface area is 268 Å². The lowest BCUT2D eigenvalue weighted by Crippen LogP contribution is -2.41. The summed E-state index contributed by atoms with van der Waals surface area (Å²) in [6.45, 7) is 4.14. The third kappa shape index (κ3) is 5.53. The maximum Gasteiger partial charge on any atom is 0.262 e. The quantitative estimate of drug-likeness (QED) is 0.209. The minimum atomic E-state index is -3.96. The molecule has 4 aromatic carbocycles. The molecule has 1 unspecified atom stereocenters. The number of hydrogen-bond acceptors (Lipinski definition) is 6. The molecule has 7 rings (SSSR count). The minimum absolute atomic E-state index is 0.0620. The smallest absolute Gasteiger partial charge is 0.262 e. The molecule has 4 aromatic rings. The van der Waals surface area contributed by atoms with Crippen LogP contribution in [0.25, 0.3) is 0 Å². The van der Waals surface area contributed by atoms with Crippen LogP contribution < -0.4 is 15.0 Å². The van der Waals surface area contributed by atoms with Gasteiger partial charge in [-0.2, -0.15) is 0 Å². The van der Waals surface area contributed by atoms with Gasteiger partial charge in [-0.25, -0.2) is 12.8 Å². The highest BCUT2D eigenvalue weighted by Crippen LogP contribution is 2.54. The molecule has 3 aliphatic rings. The van der Waals surface area contributed by atoms with E-state index in [0.29, 0.717) is 30.0 Å². The lowest BCUT2D eigenvalue weighted by molar-refractivity contribution is 0.0976. The van der Waals surface area contributed by atoms with Gasteiger partial charge in [0.2, 0.25) is 0 Å². The van der Waals surface area contributed by atoms with E-state index in [0.717, 1.165) is 24.0 Å². The molecule has 2 N–H and O–H groups in total. The number of allylic oxidation sites excluding steroid dienone is 1. The first-order valence-electron chi connectivity index (χ1n) is 15.5. The Kier molecular flexibility index (Phi) is 7.39. The number of benzene rings is 4. The van der Waals surface area contributed by atoms with Crippen molar-refractivity contribution in [1.29, 1.82) is 0 Å². The van der Waals surface area contributed by atoms with Crippen molar-refractivity contribution in [2.24, 2.45) is 5.41 Å². The summed E-state index contributed by atoms with van der Waals surface area (Å²) in [7, 11) is -3.96. The summed E-state index contributed by atoms with van der Waals surface area (Å²) in [5.41, 5.74) is 2.59. The van der Waals surface area contributed by atoms with E-state index < -0.39 is 33.0 Å². The first kappa shape index (κ1) is 30.0. The monoisotopic (exact) mass is 638 g/mol. The SMILES string of the molecule is CC1(C)CC2=C(C(c3ccc(OCc4ccccc4)cc3C3CC3)N(C(=O)c3ccccc3F)c3cccc(O)c3N2)S(=O)(=O)C1. The third-order valence-corrected chi connectivity index (χ3v) is 11.2. The lowest BCUT2D eigenvalue weighted by Gasteiger charge is -2.38. The van der Waals surface area contributed by atoms with Crippen LogP contribution in [0.15, 0.2) is 102 Å². The van der Waals surface area contributed by atoms with Crippen molar-refractivity contribution in [3.8, 4) is 11.5 Å². The van der Waals surface area contributed by atoms with Gasteiger partial charge < -0.3 is 15.2 Å². The van der Waals surface area contributed by atoms with Gasteiger partial charge in [0.05, 0.1) is 21.9 Å². The van der Waals surface area contributed by atoms with Crippen molar-refractivity contribution in [2.45, 2.75) is 51.7 Å². The molecule has 2 aliphatic heterocycles. The Bertz CT molecular complexity index is 1990. The molecule has 1 aliphatic carbocycles. The van der Waals surface area contributed by atoms with E-state index in [1.807, 2.05) is 56.3 Å². The molecule has 0 radical (unpaired) electrons. The van der Waals surface area contributed by atoms with Crippen molar-refractivity contribution in [3.05, 3.63) is 130 Å². The molecule has 7 nitrogen and oxygen atoms in total. The second kappa shape index (κ2) is 11.3. The zero-order valence-electron chi connectivity index (χ0n) is 25.7. The number of halogens is 1. The number of sulfone groups is 1. The molecule has 236 valence electrons. The van der Waals surface area contributed by atoms with Crippen LogP contribution in [0.3, 0.4) is 0 Å². The number of carbonyl (C=O) groups is 1. The van der Waals surface area contributed by atoms with Crippen molar-refractivity contribution >= 4 is 27.1 Å². The van der Waals surface area contributed by atoms with E-state index in [1.165, 1.54) is 29.2 Å². The average Bonchev–Trinajstić information content (AvgIpc) is 3.87. The number of anilines is 2. The van der Waals surface area contributed by atoms with Crippen LogP contribution in [0.5, 0.6) is 11.5 Å². The molecule has 1 atom stereocenters. The van der Waals surface area contributed by atoms with E-state index in [9.17, 15) is 18.3 Å². The highest BCUT2D eigenvalue weighted by molar-refractivity contribution is 7.95. The Morgan fingerprint density at radius 1 is 0.978 bits per heavy atom. The first-order valence-corrected chi connectivity index (χ1v) is 17.1. The summed E-state index contributed by atoms with van der Waals surface area (Å²) >= 11 is 0. The molecular weight excluding hydrogens is 603 g/mol. The largest absolute Gasteiger partial charge is 0.506 e. The molecule has 1 fully saturated rings. The van der Waals surface area contributed by atoms with Gasteiger partial charge in [-0.1, -0.05) is 68.4 Å².